The van der Waals surface area contributed by atoms with Crippen molar-refractivity contribution in [3.05, 3.63) is 34.9 Å². The van der Waals surface area contributed by atoms with Gasteiger partial charge in [-0.15, -0.1) is 0 Å². The Morgan fingerprint density at radius 3 is 2.79 bits per heavy atom. The molecule has 6 heteroatoms. The highest BCUT2D eigenvalue weighted by molar-refractivity contribution is 7.91. The van der Waals surface area contributed by atoms with E-state index in [9.17, 15) is 13.2 Å². The molecule has 1 heterocycles. The Morgan fingerprint density at radius 1 is 1.47 bits per heavy atom. The smallest absolute Gasteiger partial charge is 0.253 e. The van der Waals surface area contributed by atoms with Gasteiger partial charge in [0.15, 0.2) is 9.84 Å². The molecule has 1 aromatic rings. The van der Waals surface area contributed by atoms with Crippen LogP contribution in [0.5, 0.6) is 0 Å². The van der Waals surface area contributed by atoms with Gasteiger partial charge in [0.1, 0.15) is 0 Å². The van der Waals surface area contributed by atoms with Crippen molar-refractivity contribution in [3.63, 3.8) is 0 Å². The summed E-state index contributed by atoms with van der Waals surface area (Å²) in [6.07, 6.45) is 0.634. The van der Waals surface area contributed by atoms with Crippen LogP contribution in [-0.4, -0.2) is 44.3 Å². The maximum Gasteiger partial charge on any atom is 0.253 e. The zero-order chi connectivity index (χ0) is 14.0. The van der Waals surface area contributed by atoms with Crippen molar-refractivity contribution in [2.75, 3.05) is 25.1 Å². The first-order chi connectivity index (χ1) is 8.87. The predicted molar refractivity (Wildman–Crippen MR) is 75.2 cm³/mol. The van der Waals surface area contributed by atoms with E-state index in [2.05, 4.69) is 0 Å². The van der Waals surface area contributed by atoms with E-state index in [0.717, 1.165) is 0 Å². The maximum atomic E-state index is 12.2. The van der Waals surface area contributed by atoms with Gasteiger partial charge in [-0.3, -0.25) is 4.79 Å². The molecule has 0 aliphatic carbocycles. The summed E-state index contributed by atoms with van der Waals surface area (Å²) < 4.78 is 22.8. The van der Waals surface area contributed by atoms with Crippen LogP contribution in [0.1, 0.15) is 16.8 Å². The molecule has 1 fully saturated rings. The first kappa shape index (κ1) is 14.3. The highest BCUT2D eigenvalue weighted by Crippen LogP contribution is 2.20. The van der Waals surface area contributed by atoms with Gasteiger partial charge >= 0.3 is 0 Å². The Labute approximate surface area is 118 Å². The van der Waals surface area contributed by atoms with Crippen molar-refractivity contribution in [2.24, 2.45) is 5.92 Å². The molecule has 1 amide bonds. The predicted octanol–water partition coefficient (Wildman–Crippen LogP) is 1.85. The van der Waals surface area contributed by atoms with E-state index in [0.29, 0.717) is 23.6 Å². The van der Waals surface area contributed by atoms with Gasteiger partial charge in [0, 0.05) is 24.2 Å². The molecule has 0 aromatic heterocycles. The molecule has 104 valence electrons. The van der Waals surface area contributed by atoms with Gasteiger partial charge in [-0.2, -0.15) is 0 Å². The van der Waals surface area contributed by atoms with Crippen molar-refractivity contribution in [3.8, 4) is 0 Å². The number of hydrogen-bond acceptors (Lipinski definition) is 3. The minimum Gasteiger partial charge on any atom is -0.341 e. The van der Waals surface area contributed by atoms with Crippen LogP contribution in [0.15, 0.2) is 24.3 Å². The zero-order valence-corrected chi connectivity index (χ0v) is 12.2. The second-order valence-corrected chi connectivity index (χ2v) is 7.63. The molecule has 0 N–H and O–H groups in total. The number of rotatable bonds is 3. The van der Waals surface area contributed by atoms with Crippen molar-refractivity contribution in [1.29, 1.82) is 0 Å². The summed E-state index contributed by atoms with van der Waals surface area (Å²) in [6, 6.07) is 6.76. The van der Waals surface area contributed by atoms with E-state index in [1.807, 2.05) is 0 Å². The van der Waals surface area contributed by atoms with E-state index in [1.165, 1.54) is 0 Å². The van der Waals surface area contributed by atoms with Crippen molar-refractivity contribution >= 4 is 27.3 Å². The lowest BCUT2D eigenvalue weighted by Gasteiger charge is -2.20. The molecule has 1 saturated heterocycles. The molecule has 1 unspecified atom stereocenters. The first-order valence-corrected chi connectivity index (χ1v) is 8.29. The molecule has 1 aromatic carbocycles. The fraction of sp³-hybridized carbons (Fsp3) is 0.462. The number of halogens is 1. The number of hydrogen-bond donors (Lipinski definition) is 0. The molecule has 0 spiro atoms. The molecule has 0 bridgehead atoms. The highest BCUT2D eigenvalue weighted by Gasteiger charge is 2.29. The van der Waals surface area contributed by atoms with Crippen LogP contribution in [-0.2, 0) is 9.84 Å². The lowest BCUT2D eigenvalue weighted by Crippen LogP contribution is -2.32. The highest BCUT2D eigenvalue weighted by atomic mass is 35.5. The number of carbonyl (C=O) groups is 1. The number of carbonyl (C=O) groups excluding carboxylic acids is 1. The lowest BCUT2D eigenvalue weighted by atomic mass is 10.1. The van der Waals surface area contributed by atoms with Crippen LogP contribution in [0.4, 0.5) is 0 Å². The monoisotopic (exact) mass is 301 g/mol. The number of amides is 1. The molecule has 1 aliphatic rings. The lowest BCUT2D eigenvalue weighted by molar-refractivity contribution is 0.0777. The summed E-state index contributed by atoms with van der Waals surface area (Å²) in [5.41, 5.74) is 0.524. The summed E-state index contributed by atoms with van der Waals surface area (Å²) >= 11 is 5.85. The van der Waals surface area contributed by atoms with Gasteiger partial charge in [-0.05, 0) is 30.5 Å². The molecule has 0 saturated carbocycles. The topological polar surface area (TPSA) is 54.5 Å². The van der Waals surface area contributed by atoms with Crippen LogP contribution in [0, 0.1) is 5.92 Å². The molecule has 19 heavy (non-hydrogen) atoms. The van der Waals surface area contributed by atoms with Gasteiger partial charge in [-0.1, -0.05) is 17.7 Å². The van der Waals surface area contributed by atoms with Gasteiger partial charge in [0.05, 0.1) is 11.5 Å². The minimum atomic E-state index is -2.90. The van der Waals surface area contributed by atoms with Crippen LogP contribution in [0.2, 0.25) is 5.02 Å². The molecule has 2 rings (SSSR count). The Kier molecular flexibility index (Phi) is 4.16. The van der Waals surface area contributed by atoms with Crippen molar-refractivity contribution in [1.82, 2.24) is 4.90 Å². The number of sulfone groups is 1. The van der Waals surface area contributed by atoms with Gasteiger partial charge in [0.2, 0.25) is 0 Å². The summed E-state index contributed by atoms with van der Waals surface area (Å²) in [4.78, 5) is 13.7. The Balaban J connectivity index is 2.00. The fourth-order valence-corrected chi connectivity index (χ4v) is 4.37. The molecular weight excluding hydrogens is 286 g/mol. The summed E-state index contributed by atoms with van der Waals surface area (Å²) in [6.45, 7) is 0.463. The molecular formula is C13H16ClNO3S. The average Bonchev–Trinajstić information content (AvgIpc) is 2.67. The zero-order valence-electron chi connectivity index (χ0n) is 10.7. The SMILES string of the molecule is CN(CC1CCS(=O)(=O)C1)C(=O)c1cccc(Cl)c1. The van der Waals surface area contributed by atoms with Crippen molar-refractivity contribution < 1.29 is 13.2 Å². The molecule has 1 aliphatic heterocycles. The summed E-state index contributed by atoms with van der Waals surface area (Å²) in [7, 11) is -1.21. The summed E-state index contributed by atoms with van der Waals surface area (Å²) in [5.74, 6) is 0.321. The van der Waals surface area contributed by atoms with Crippen LogP contribution in [0.3, 0.4) is 0 Å². The molecule has 1 atom stereocenters. The standard InChI is InChI=1S/C13H16ClNO3S/c1-15(8-10-5-6-19(17,18)9-10)13(16)11-3-2-4-12(14)7-11/h2-4,7,10H,5-6,8-9H2,1H3. The van der Waals surface area contributed by atoms with E-state index in [1.54, 1.807) is 36.2 Å². The third kappa shape index (κ3) is 3.70. The van der Waals surface area contributed by atoms with Crippen LogP contribution in [0.25, 0.3) is 0 Å². The van der Waals surface area contributed by atoms with E-state index >= 15 is 0 Å². The second-order valence-electron chi connectivity index (χ2n) is 4.97. The van der Waals surface area contributed by atoms with Gasteiger partial charge < -0.3 is 4.90 Å². The Bertz CT molecular complexity index is 585. The molecule has 0 radical (unpaired) electrons. The second kappa shape index (κ2) is 5.51. The minimum absolute atomic E-state index is 0.0399. The quantitative estimate of drug-likeness (QED) is 0.856. The third-order valence-corrected chi connectivity index (χ3v) is 5.35. The van der Waals surface area contributed by atoms with E-state index in [4.69, 9.17) is 11.6 Å². The maximum absolute atomic E-state index is 12.2. The fourth-order valence-electron chi connectivity index (χ4n) is 2.33. The number of nitrogens with zero attached hydrogens (tertiary/aromatic N) is 1. The van der Waals surface area contributed by atoms with Crippen LogP contribution < -0.4 is 0 Å². The normalized spacial score (nSPS) is 21.3. The van der Waals surface area contributed by atoms with Gasteiger partial charge in [-0.25, -0.2) is 8.42 Å². The Morgan fingerprint density at radius 2 is 2.21 bits per heavy atom. The van der Waals surface area contributed by atoms with E-state index in [-0.39, 0.29) is 23.3 Å². The largest absolute Gasteiger partial charge is 0.341 e. The average molecular weight is 302 g/mol. The van der Waals surface area contributed by atoms with Crippen LogP contribution >= 0.6 is 11.6 Å². The van der Waals surface area contributed by atoms with Gasteiger partial charge in [0.25, 0.3) is 5.91 Å². The Hall–Kier alpha value is -1.07. The van der Waals surface area contributed by atoms with Crippen molar-refractivity contribution in [2.45, 2.75) is 6.42 Å². The number of benzene rings is 1. The van der Waals surface area contributed by atoms with E-state index < -0.39 is 9.84 Å². The molecule has 4 nitrogen and oxygen atoms in total. The first-order valence-electron chi connectivity index (χ1n) is 6.09. The summed E-state index contributed by atoms with van der Waals surface area (Å²) in [5, 5.41) is 0.516. The third-order valence-electron chi connectivity index (χ3n) is 3.28.